The van der Waals surface area contributed by atoms with Gasteiger partial charge >= 0.3 is 0 Å². The zero-order valence-electron chi connectivity index (χ0n) is 9.28. The molecule has 18 heavy (non-hydrogen) atoms. The van der Waals surface area contributed by atoms with Gasteiger partial charge in [0.25, 0.3) is 5.69 Å². The average Bonchev–Trinajstić information content (AvgIpc) is 2.73. The second kappa shape index (κ2) is 5.32. The quantitative estimate of drug-likeness (QED) is 0.485. The fourth-order valence-corrected chi connectivity index (χ4v) is 2.43. The molecule has 94 valence electrons. The summed E-state index contributed by atoms with van der Waals surface area (Å²) < 4.78 is 1.55. The molecule has 1 aromatic carbocycles. The summed E-state index contributed by atoms with van der Waals surface area (Å²) in [7, 11) is 1.74. The highest BCUT2D eigenvalue weighted by Crippen LogP contribution is 2.27. The minimum atomic E-state index is -0.477. The number of nitro benzene ring substituents is 1. The van der Waals surface area contributed by atoms with E-state index in [1.165, 1.54) is 23.9 Å². The van der Waals surface area contributed by atoms with E-state index in [1.54, 1.807) is 17.8 Å². The van der Waals surface area contributed by atoms with Crippen molar-refractivity contribution < 1.29 is 4.92 Å². The lowest BCUT2D eigenvalue weighted by molar-refractivity contribution is -0.384. The molecule has 1 aromatic heterocycles. The van der Waals surface area contributed by atoms with Gasteiger partial charge in [-0.2, -0.15) is 0 Å². The molecule has 0 unspecified atom stereocenters. The Morgan fingerprint density at radius 1 is 1.56 bits per heavy atom. The first-order chi connectivity index (χ1) is 8.58. The summed E-state index contributed by atoms with van der Waals surface area (Å²) in [6.07, 6.45) is 0. The van der Waals surface area contributed by atoms with Crippen LogP contribution in [-0.4, -0.2) is 25.1 Å². The third-order valence-electron chi connectivity index (χ3n) is 2.19. The van der Waals surface area contributed by atoms with Gasteiger partial charge in [0.2, 0.25) is 5.16 Å². The topological polar surface area (TPSA) is 86.7 Å². The van der Waals surface area contributed by atoms with E-state index in [1.807, 2.05) is 0 Å². The van der Waals surface area contributed by atoms with E-state index in [-0.39, 0.29) is 5.69 Å². The molecule has 0 aliphatic carbocycles. The Bertz CT molecular complexity index is 588. The monoisotopic (exact) mass is 285 g/mol. The highest BCUT2D eigenvalue weighted by Gasteiger charge is 2.11. The van der Waals surface area contributed by atoms with E-state index in [2.05, 4.69) is 15.5 Å². The molecule has 0 amide bonds. The summed E-state index contributed by atoms with van der Waals surface area (Å²) in [4.78, 5) is 10.1. The zero-order valence-corrected chi connectivity index (χ0v) is 10.9. The second-order valence-corrected chi connectivity index (χ2v) is 4.76. The number of aryl methyl sites for hydroxylation is 1. The number of aromatic nitrogens is 4. The minimum absolute atomic E-state index is 0.0194. The van der Waals surface area contributed by atoms with Crippen LogP contribution in [0.25, 0.3) is 0 Å². The van der Waals surface area contributed by atoms with Crippen molar-refractivity contribution in [1.82, 2.24) is 20.2 Å². The summed E-state index contributed by atoms with van der Waals surface area (Å²) in [5.41, 5.74) is 0.782. The predicted molar refractivity (Wildman–Crippen MR) is 66.5 cm³/mol. The first kappa shape index (κ1) is 12.8. The molecule has 0 radical (unpaired) electrons. The maximum absolute atomic E-state index is 10.6. The van der Waals surface area contributed by atoms with E-state index in [0.29, 0.717) is 15.9 Å². The maximum Gasteiger partial charge on any atom is 0.270 e. The van der Waals surface area contributed by atoms with Gasteiger partial charge < -0.3 is 0 Å². The normalized spacial score (nSPS) is 10.6. The Hall–Kier alpha value is -1.67. The van der Waals surface area contributed by atoms with Crippen molar-refractivity contribution in [2.45, 2.75) is 10.9 Å². The fraction of sp³-hybridized carbons (Fsp3) is 0.222. The van der Waals surface area contributed by atoms with Gasteiger partial charge in [-0.3, -0.25) is 10.1 Å². The SMILES string of the molecule is Cn1nnnc1SCc1ccc([N+](=O)[O-])cc1Cl. The molecule has 0 saturated heterocycles. The molecule has 0 fully saturated rings. The summed E-state index contributed by atoms with van der Waals surface area (Å²) in [5, 5.41) is 22.6. The number of hydrogen-bond donors (Lipinski definition) is 0. The Kier molecular flexibility index (Phi) is 3.78. The minimum Gasteiger partial charge on any atom is -0.258 e. The summed E-state index contributed by atoms with van der Waals surface area (Å²) in [6, 6.07) is 4.40. The smallest absolute Gasteiger partial charge is 0.258 e. The Balaban J connectivity index is 2.11. The predicted octanol–water partition coefficient (Wildman–Crippen LogP) is 2.06. The number of thioether (sulfide) groups is 1. The lowest BCUT2D eigenvalue weighted by Gasteiger charge is -2.03. The van der Waals surface area contributed by atoms with Crippen LogP contribution in [0.15, 0.2) is 23.4 Å². The van der Waals surface area contributed by atoms with Crippen LogP contribution in [-0.2, 0) is 12.8 Å². The van der Waals surface area contributed by atoms with E-state index in [9.17, 15) is 10.1 Å². The van der Waals surface area contributed by atoms with Crippen molar-refractivity contribution in [2.24, 2.45) is 7.05 Å². The number of nitro groups is 1. The van der Waals surface area contributed by atoms with Crippen molar-refractivity contribution in [3.63, 3.8) is 0 Å². The van der Waals surface area contributed by atoms with Gasteiger partial charge in [-0.05, 0) is 22.1 Å². The molecule has 0 aliphatic heterocycles. The van der Waals surface area contributed by atoms with Crippen LogP contribution >= 0.6 is 23.4 Å². The highest BCUT2D eigenvalue weighted by molar-refractivity contribution is 7.98. The lowest BCUT2D eigenvalue weighted by atomic mass is 10.2. The summed E-state index contributed by atoms with van der Waals surface area (Å²) in [5.74, 6) is 0.547. The molecule has 0 bridgehead atoms. The molecule has 2 rings (SSSR count). The first-order valence-corrected chi connectivity index (χ1v) is 6.22. The summed E-state index contributed by atoms with van der Waals surface area (Å²) >= 11 is 7.38. The third kappa shape index (κ3) is 2.77. The molecule has 2 aromatic rings. The van der Waals surface area contributed by atoms with Crippen molar-refractivity contribution in [2.75, 3.05) is 0 Å². The van der Waals surface area contributed by atoms with Gasteiger partial charge in [-0.25, -0.2) is 4.68 Å². The number of hydrogen-bond acceptors (Lipinski definition) is 6. The van der Waals surface area contributed by atoms with Crippen LogP contribution in [0.3, 0.4) is 0 Å². The van der Waals surface area contributed by atoms with Crippen LogP contribution in [0.5, 0.6) is 0 Å². The van der Waals surface area contributed by atoms with Gasteiger partial charge in [0, 0.05) is 24.9 Å². The molecular weight excluding hydrogens is 278 g/mol. The second-order valence-electron chi connectivity index (χ2n) is 3.41. The molecule has 1 heterocycles. The van der Waals surface area contributed by atoms with Crippen molar-refractivity contribution >= 4 is 29.1 Å². The number of nitrogens with zero attached hydrogens (tertiary/aromatic N) is 5. The van der Waals surface area contributed by atoms with E-state index in [4.69, 9.17) is 11.6 Å². The van der Waals surface area contributed by atoms with Crippen LogP contribution < -0.4 is 0 Å². The van der Waals surface area contributed by atoms with Crippen LogP contribution in [0.2, 0.25) is 5.02 Å². The van der Waals surface area contributed by atoms with Gasteiger partial charge in [-0.1, -0.05) is 23.4 Å². The zero-order chi connectivity index (χ0) is 13.1. The molecule has 0 aliphatic rings. The Morgan fingerprint density at radius 3 is 2.89 bits per heavy atom. The largest absolute Gasteiger partial charge is 0.270 e. The van der Waals surface area contributed by atoms with Crippen LogP contribution in [0, 0.1) is 10.1 Å². The lowest BCUT2D eigenvalue weighted by Crippen LogP contribution is -1.94. The number of rotatable bonds is 4. The van der Waals surface area contributed by atoms with Crippen LogP contribution in [0.1, 0.15) is 5.56 Å². The van der Waals surface area contributed by atoms with Crippen molar-refractivity contribution in [3.05, 3.63) is 38.9 Å². The van der Waals surface area contributed by atoms with Gasteiger partial charge in [-0.15, -0.1) is 5.10 Å². The van der Waals surface area contributed by atoms with Gasteiger partial charge in [0.05, 0.1) is 9.95 Å². The van der Waals surface area contributed by atoms with E-state index < -0.39 is 4.92 Å². The molecule has 9 heteroatoms. The standard InChI is InChI=1S/C9H8ClN5O2S/c1-14-9(11-12-13-14)18-5-6-2-3-7(15(16)17)4-8(6)10/h2-4H,5H2,1H3. The van der Waals surface area contributed by atoms with Crippen molar-refractivity contribution in [3.8, 4) is 0 Å². The van der Waals surface area contributed by atoms with Crippen molar-refractivity contribution in [1.29, 1.82) is 0 Å². The van der Waals surface area contributed by atoms with E-state index in [0.717, 1.165) is 5.56 Å². The maximum atomic E-state index is 10.6. The number of benzene rings is 1. The molecule has 0 spiro atoms. The van der Waals surface area contributed by atoms with Gasteiger partial charge in [0.15, 0.2) is 0 Å². The molecule has 0 N–H and O–H groups in total. The van der Waals surface area contributed by atoms with Crippen LogP contribution in [0.4, 0.5) is 5.69 Å². The summed E-state index contributed by atoms with van der Waals surface area (Å²) in [6.45, 7) is 0. The Labute approximate surface area is 111 Å². The molecular formula is C9H8ClN5O2S. The number of halogens is 1. The third-order valence-corrected chi connectivity index (χ3v) is 3.60. The molecule has 0 saturated carbocycles. The molecule has 7 nitrogen and oxygen atoms in total. The fourth-order valence-electron chi connectivity index (χ4n) is 1.25. The highest BCUT2D eigenvalue weighted by atomic mass is 35.5. The Morgan fingerprint density at radius 2 is 2.33 bits per heavy atom. The average molecular weight is 286 g/mol. The number of non-ortho nitro benzene ring substituents is 1. The first-order valence-electron chi connectivity index (χ1n) is 4.86. The number of tetrazole rings is 1. The van der Waals surface area contributed by atoms with Gasteiger partial charge in [0.1, 0.15) is 0 Å². The van der Waals surface area contributed by atoms with E-state index >= 15 is 0 Å². The molecule has 0 atom stereocenters.